The summed E-state index contributed by atoms with van der Waals surface area (Å²) in [6, 6.07) is -0.0546. The smallest absolute Gasteiger partial charge is 0.304 e. The van der Waals surface area contributed by atoms with Gasteiger partial charge in [0.05, 0.1) is 6.42 Å². The topological polar surface area (TPSA) is 86.7 Å². The van der Waals surface area contributed by atoms with Gasteiger partial charge in [0.2, 0.25) is 0 Å². The second-order valence-electron chi connectivity index (χ2n) is 6.05. The molecule has 1 fully saturated rings. The van der Waals surface area contributed by atoms with E-state index in [1.807, 2.05) is 0 Å². The lowest BCUT2D eigenvalue weighted by Gasteiger charge is -2.36. The number of nitrogens with one attached hydrogen (secondary N) is 1. The van der Waals surface area contributed by atoms with Gasteiger partial charge in [-0.05, 0) is 24.7 Å². The molecule has 0 radical (unpaired) electrons. The molecule has 0 spiro atoms. The van der Waals surface area contributed by atoms with Gasteiger partial charge in [0.25, 0.3) is 10.2 Å². The van der Waals surface area contributed by atoms with Crippen molar-refractivity contribution in [1.82, 2.24) is 9.03 Å². The maximum absolute atomic E-state index is 12.0. The Bertz CT molecular complexity index is 419. The van der Waals surface area contributed by atoms with Crippen LogP contribution in [0.4, 0.5) is 0 Å². The van der Waals surface area contributed by atoms with Gasteiger partial charge in [-0.25, -0.2) is 0 Å². The number of carboxylic acids is 1. The van der Waals surface area contributed by atoms with Crippen LogP contribution in [0.3, 0.4) is 0 Å². The van der Waals surface area contributed by atoms with Gasteiger partial charge in [0, 0.05) is 19.6 Å². The first-order valence-electron chi connectivity index (χ1n) is 6.58. The quantitative estimate of drug-likeness (QED) is 0.770. The highest BCUT2D eigenvalue weighted by molar-refractivity contribution is 7.87. The van der Waals surface area contributed by atoms with Gasteiger partial charge in [-0.15, -0.1) is 0 Å². The Hall–Kier alpha value is -0.660. The van der Waals surface area contributed by atoms with Gasteiger partial charge in [-0.2, -0.15) is 17.4 Å². The largest absolute Gasteiger partial charge is 0.481 e. The maximum atomic E-state index is 12.0. The van der Waals surface area contributed by atoms with E-state index in [0.717, 1.165) is 30.0 Å². The standard InChI is InChI=1S/C12H24N2O4S/c1-12(2)7-4-5-10(9-12)13-19(17,18)14(3)8-6-11(15)16/h10,13H,4-9H2,1-3H3,(H,15,16). The van der Waals surface area contributed by atoms with Crippen LogP contribution in [0.1, 0.15) is 46.0 Å². The Labute approximate surface area is 115 Å². The van der Waals surface area contributed by atoms with Crippen LogP contribution >= 0.6 is 0 Å². The average Bonchev–Trinajstić information content (AvgIpc) is 2.23. The van der Waals surface area contributed by atoms with Crippen LogP contribution < -0.4 is 4.72 Å². The molecular weight excluding hydrogens is 268 g/mol. The van der Waals surface area contributed by atoms with Crippen LogP contribution in [0.5, 0.6) is 0 Å². The van der Waals surface area contributed by atoms with Gasteiger partial charge < -0.3 is 5.11 Å². The molecule has 0 aromatic carbocycles. The van der Waals surface area contributed by atoms with Crippen LogP contribution in [-0.4, -0.2) is 43.4 Å². The number of nitrogens with zero attached hydrogens (tertiary/aromatic N) is 1. The number of carbonyl (C=O) groups is 1. The third kappa shape index (κ3) is 5.46. The molecule has 0 bridgehead atoms. The van der Waals surface area contributed by atoms with Crippen molar-refractivity contribution in [3.8, 4) is 0 Å². The minimum absolute atomic E-state index is 0.0131. The zero-order valence-electron chi connectivity index (χ0n) is 11.8. The summed E-state index contributed by atoms with van der Waals surface area (Å²) in [5, 5.41) is 8.58. The van der Waals surface area contributed by atoms with E-state index in [1.165, 1.54) is 7.05 Å². The minimum atomic E-state index is -3.59. The van der Waals surface area contributed by atoms with Crippen molar-refractivity contribution in [1.29, 1.82) is 0 Å². The molecule has 1 atom stereocenters. The van der Waals surface area contributed by atoms with Crippen LogP contribution in [0.2, 0.25) is 0 Å². The van der Waals surface area contributed by atoms with Crippen LogP contribution in [0, 0.1) is 5.41 Å². The van der Waals surface area contributed by atoms with Crippen molar-refractivity contribution in [3.05, 3.63) is 0 Å². The average molecular weight is 292 g/mol. The molecule has 1 unspecified atom stereocenters. The van der Waals surface area contributed by atoms with E-state index < -0.39 is 16.2 Å². The van der Waals surface area contributed by atoms with Gasteiger partial charge in [-0.1, -0.05) is 20.3 Å². The molecule has 0 aromatic rings. The first-order chi connectivity index (χ1) is 8.62. The van der Waals surface area contributed by atoms with E-state index in [-0.39, 0.29) is 24.4 Å². The van der Waals surface area contributed by atoms with Crippen LogP contribution in [0.15, 0.2) is 0 Å². The van der Waals surface area contributed by atoms with Crippen molar-refractivity contribution < 1.29 is 18.3 Å². The Kier molecular flexibility index (Phi) is 5.34. The Morgan fingerprint density at radius 3 is 2.63 bits per heavy atom. The summed E-state index contributed by atoms with van der Waals surface area (Å²) < 4.78 is 27.8. The summed E-state index contributed by atoms with van der Waals surface area (Å²) >= 11 is 0. The summed E-state index contributed by atoms with van der Waals surface area (Å²) in [5.41, 5.74) is 0.158. The summed E-state index contributed by atoms with van der Waals surface area (Å²) in [4.78, 5) is 10.5. The fourth-order valence-electron chi connectivity index (χ4n) is 2.47. The maximum Gasteiger partial charge on any atom is 0.304 e. The summed E-state index contributed by atoms with van der Waals surface area (Å²) in [5.74, 6) is -0.999. The number of carboxylic acid groups (broad SMARTS) is 1. The minimum Gasteiger partial charge on any atom is -0.481 e. The Morgan fingerprint density at radius 1 is 1.47 bits per heavy atom. The van der Waals surface area contributed by atoms with Crippen LogP contribution in [-0.2, 0) is 15.0 Å². The first kappa shape index (κ1) is 16.4. The highest BCUT2D eigenvalue weighted by Crippen LogP contribution is 2.35. The van der Waals surface area contributed by atoms with E-state index >= 15 is 0 Å². The highest BCUT2D eigenvalue weighted by Gasteiger charge is 2.31. The monoisotopic (exact) mass is 292 g/mol. The normalized spacial score (nSPS) is 23.5. The molecule has 7 heteroatoms. The summed E-state index contributed by atoms with van der Waals surface area (Å²) in [6.45, 7) is 4.27. The third-order valence-electron chi connectivity index (χ3n) is 3.57. The molecule has 0 aromatic heterocycles. The fraction of sp³-hybridized carbons (Fsp3) is 0.917. The molecule has 1 rings (SSSR count). The van der Waals surface area contributed by atoms with E-state index in [9.17, 15) is 13.2 Å². The molecule has 1 saturated carbocycles. The number of rotatable bonds is 6. The van der Waals surface area contributed by atoms with E-state index in [4.69, 9.17) is 5.11 Å². The molecule has 112 valence electrons. The lowest BCUT2D eigenvalue weighted by Crippen LogP contribution is -2.46. The molecule has 0 saturated heterocycles. The highest BCUT2D eigenvalue weighted by atomic mass is 32.2. The third-order valence-corrected chi connectivity index (χ3v) is 5.21. The zero-order valence-corrected chi connectivity index (χ0v) is 12.7. The number of aliphatic carboxylic acids is 1. The second kappa shape index (κ2) is 6.19. The van der Waals surface area contributed by atoms with E-state index in [0.29, 0.717) is 0 Å². The first-order valence-corrected chi connectivity index (χ1v) is 8.02. The predicted molar refractivity (Wildman–Crippen MR) is 73.0 cm³/mol. The molecule has 1 aliphatic rings. The van der Waals surface area contributed by atoms with E-state index in [1.54, 1.807) is 0 Å². The molecule has 0 aliphatic heterocycles. The molecule has 6 nitrogen and oxygen atoms in total. The number of hydrogen-bond acceptors (Lipinski definition) is 3. The predicted octanol–water partition coefficient (Wildman–Crippen LogP) is 1.20. The van der Waals surface area contributed by atoms with Crippen molar-refractivity contribution in [2.24, 2.45) is 5.41 Å². The molecule has 1 aliphatic carbocycles. The zero-order chi connectivity index (χ0) is 14.7. The summed E-state index contributed by atoms with van der Waals surface area (Å²) in [6.07, 6.45) is 3.60. The van der Waals surface area contributed by atoms with Crippen molar-refractivity contribution in [2.75, 3.05) is 13.6 Å². The molecule has 2 N–H and O–H groups in total. The van der Waals surface area contributed by atoms with Gasteiger partial charge in [-0.3, -0.25) is 4.79 Å². The van der Waals surface area contributed by atoms with Gasteiger partial charge >= 0.3 is 5.97 Å². The SMILES string of the molecule is CN(CCC(=O)O)S(=O)(=O)NC1CCCC(C)(C)C1. The molecular formula is C12H24N2O4S. The summed E-state index contributed by atoms with van der Waals surface area (Å²) in [7, 11) is -2.18. The lowest BCUT2D eigenvalue weighted by atomic mass is 9.75. The molecule has 0 heterocycles. The molecule has 19 heavy (non-hydrogen) atoms. The molecule has 0 amide bonds. The van der Waals surface area contributed by atoms with Crippen molar-refractivity contribution >= 4 is 16.2 Å². The fourth-order valence-corrected chi connectivity index (χ4v) is 3.61. The Balaban J connectivity index is 2.56. The van der Waals surface area contributed by atoms with Gasteiger partial charge in [0.15, 0.2) is 0 Å². The van der Waals surface area contributed by atoms with Gasteiger partial charge in [0.1, 0.15) is 0 Å². The van der Waals surface area contributed by atoms with E-state index in [2.05, 4.69) is 18.6 Å². The number of hydrogen-bond donors (Lipinski definition) is 2. The Morgan fingerprint density at radius 2 is 2.11 bits per heavy atom. The van der Waals surface area contributed by atoms with Crippen molar-refractivity contribution in [3.63, 3.8) is 0 Å². The second-order valence-corrected chi connectivity index (χ2v) is 7.85. The van der Waals surface area contributed by atoms with Crippen LogP contribution in [0.25, 0.3) is 0 Å². The lowest BCUT2D eigenvalue weighted by molar-refractivity contribution is -0.137. The van der Waals surface area contributed by atoms with Crippen molar-refractivity contribution in [2.45, 2.75) is 52.0 Å².